The second kappa shape index (κ2) is 4.42. The maximum atomic E-state index is 11.2. The van der Waals surface area contributed by atoms with E-state index in [1.54, 1.807) is 7.05 Å². The average Bonchev–Trinajstić information content (AvgIpc) is 2.58. The zero-order valence-corrected chi connectivity index (χ0v) is 7.50. The van der Waals surface area contributed by atoms with E-state index in [-0.39, 0.29) is 17.9 Å². The van der Waals surface area contributed by atoms with Crippen molar-refractivity contribution in [2.24, 2.45) is 5.92 Å². The molecule has 2 unspecified atom stereocenters. The van der Waals surface area contributed by atoms with Crippen molar-refractivity contribution in [3.05, 3.63) is 0 Å². The summed E-state index contributed by atoms with van der Waals surface area (Å²) in [7, 11) is 3.17. The van der Waals surface area contributed by atoms with Gasteiger partial charge in [0.1, 0.15) is 6.04 Å². The Labute approximate surface area is 72.2 Å². The number of methoxy groups -OCH3 is 1. The van der Waals surface area contributed by atoms with Crippen LogP contribution in [0.5, 0.6) is 0 Å². The van der Waals surface area contributed by atoms with Gasteiger partial charge in [0.2, 0.25) is 0 Å². The highest BCUT2D eigenvalue weighted by molar-refractivity contribution is 5.76. The average molecular weight is 173 g/mol. The number of hydrogen-bond donors (Lipinski definition) is 1. The summed E-state index contributed by atoms with van der Waals surface area (Å²) >= 11 is 0. The lowest BCUT2D eigenvalue weighted by atomic mass is 9.99. The number of rotatable bonds is 3. The zero-order valence-electron chi connectivity index (χ0n) is 7.50. The van der Waals surface area contributed by atoms with Gasteiger partial charge in [-0.15, -0.1) is 0 Å². The first kappa shape index (κ1) is 9.48. The van der Waals surface area contributed by atoms with Crippen molar-refractivity contribution in [3.63, 3.8) is 0 Å². The van der Waals surface area contributed by atoms with Gasteiger partial charge in [-0.25, -0.2) is 0 Å². The van der Waals surface area contributed by atoms with Crippen LogP contribution in [-0.2, 0) is 14.3 Å². The lowest BCUT2D eigenvalue weighted by Gasteiger charge is -2.18. The Morgan fingerprint density at radius 2 is 2.50 bits per heavy atom. The minimum Gasteiger partial charge on any atom is -0.468 e. The largest absolute Gasteiger partial charge is 0.468 e. The molecule has 1 saturated heterocycles. The number of likely N-dealkylation sites (N-methyl/N-ethyl adjacent to an activating group) is 1. The fraction of sp³-hybridized carbons (Fsp3) is 0.875. The van der Waals surface area contributed by atoms with Gasteiger partial charge in [0.25, 0.3) is 0 Å². The molecule has 12 heavy (non-hydrogen) atoms. The topological polar surface area (TPSA) is 47.6 Å². The zero-order chi connectivity index (χ0) is 8.97. The fourth-order valence-corrected chi connectivity index (χ4v) is 1.49. The van der Waals surface area contributed by atoms with Gasteiger partial charge in [0, 0.05) is 12.5 Å². The standard InChI is InChI=1S/C8H15NO3/c1-9-7(8(10)11-2)6-3-4-12-5-6/h6-7,9H,3-5H2,1-2H3. The second-order valence-electron chi connectivity index (χ2n) is 2.91. The Morgan fingerprint density at radius 1 is 1.75 bits per heavy atom. The van der Waals surface area contributed by atoms with E-state index in [4.69, 9.17) is 4.74 Å². The van der Waals surface area contributed by atoms with Crippen molar-refractivity contribution in [2.75, 3.05) is 27.4 Å². The van der Waals surface area contributed by atoms with Crippen LogP contribution >= 0.6 is 0 Å². The molecular weight excluding hydrogens is 158 g/mol. The Morgan fingerprint density at radius 3 is 2.92 bits per heavy atom. The summed E-state index contributed by atoms with van der Waals surface area (Å²) in [5, 5.41) is 2.94. The molecule has 0 aliphatic carbocycles. The van der Waals surface area contributed by atoms with E-state index in [0.29, 0.717) is 6.61 Å². The highest BCUT2D eigenvalue weighted by Crippen LogP contribution is 2.17. The molecule has 0 radical (unpaired) electrons. The predicted octanol–water partition coefficient (Wildman–Crippen LogP) is -0.216. The summed E-state index contributed by atoms with van der Waals surface area (Å²) in [4.78, 5) is 11.2. The molecule has 2 atom stereocenters. The number of nitrogens with one attached hydrogen (secondary N) is 1. The molecule has 0 spiro atoms. The number of hydrogen-bond acceptors (Lipinski definition) is 4. The van der Waals surface area contributed by atoms with Gasteiger partial charge in [-0.05, 0) is 13.5 Å². The Bertz CT molecular complexity index is 154. The molecule has 1 N–H and O–H groups in total. The van der Waals surface area contributed by atoms with Gasteiger partial charge in [-0.1, -0.05) is 0 Å². The van der Waals surface area contributed by atoms with E-state index >= 15 is 0 Å². The van der Waals surface area contributed by atoms with Crippen LogP contribution in [0.25, 0.3) is 0 Å². The smallest absolute Gasteiger partial charge is 0.323 e. The maximum Gasteiger partial charge on any atom is 0.323 e. The van der Waals surface area contributed by atoms with Crippen molar-refractivity contribution < 1.29 is 14.3 Å². The van der Waals surface area contributed by atoms with Crippen molar-refractivity contribution in [3.8, 4) is 0 Å². The first-order chi connectivity index (χ1) is 5.79. The minimum absolute atomic E-state index is 0.201. The first-order valence-corrected chi connectivity index (χ1v) is 4.12. The summed E-state index contributed by atoms with van der Waals surface area (Å²) in [6.07, 6.45) is 0.931. The molecule has 1 fully saturated rings. The number of carbonyl (C=O) groups excluding carboxylic acids is 1. The number of esters is 1. The monoisotopic (exact) mass is 173 g/mol. The lowest BCUT2D eigenvalue weighted by Crippen LogP contribution is -2.41. The molecule has 0 aromatic carbocycles. The first-order valence-electron chi connectivity index (χ1n) is 4.12. The van der Waals surface area contributed by atoms with E-state index in [1.165, 1.54) is 7.11 Å². The number of ether oxygens (including phenoxy) is 2. The molecule has 4 nitrogen and oxygen atoms in total. The Balaban J connectivity index is 2.48. The van der Waals surface area contributed by atoms with E-state index < -0.39 is 0 Å². The van der Waals surface area contributed by atoms with Gasteiger partial charge in [0.15, 0.2) is 0 Å². The molecule has 1 heterocycles. The third-order valence-electron chi connectivity index (χ3n) is 2.20. The van der Waals surface area contributed by atoms with Gasteiger partial charge in [-0.3, -0.25) is 4.79 Å². The molecule has 0 saturated carbocycles. The van der Waals surface area contributed by atoms with Crippen LogP contribution in [0.3, 0.4) is 0 Å². The van der Waals surface area contributed by atoms with E-state index in [0.717, 1.165) is 13.0 Å². The summed E-state index contributed by atoms with van der Waals surface area (Å²) in [6, 6.07) is -0.211. The van der Waals surface area contributed by atoms with Gasteiger partial charge in [-0.2, -0.15) is 0 Å². The lowest BCUT2D eigenvalue weighted by molar-refractivity contribution is -0.144. The third kappa shape index (κ3) is 1.95. The SMILES string of the molecule is CNC(C(=O)OC)C1CCOC1. The third-order valence-corrected chi connectivity index (χ3v) is 2.20. The summed E-state index contributed by atoms with van der Waals surface area (Å²) in [5.74, 6) is 0.0652. The van der Waals surface area contributed by atoms with Gasteiger partial charge < -0.3 is 14.8 Å². The molecule has 0 bridgehead atoms. The van der Waals surface area contributed by atoms with Crippen LogP contribution in [0.15, 0.2) is 0 Å². The molecule has 0 aromatic rings. The van der Waals surface area contributed by atoms with Gasteiger partial charge in [0.05, 0.1) is 13.7 Å². The van der Waals surface area contributed by atoms with E-state index in [2.05, 4.69) is 10.1 Å². The highest BCUT2D eigenvalue weighted by atomic mass is 16.5. The van der Waals surface area contributed by atoms with Crippen molar-refractivity contribution in [1.82, 2.24) is 5.32 Å². The second-order valence-corrected chi connectivity index (χ2v) is 2.91. The van der Waals surface area contributed by atoms with Crippen LogP contribution in [-0.4, -0.2) is 39.4 Å². The van der Waals surface area contributed by atoms with Crippen LogP contribution < -0.4 is 5.32 Å². The molecule has 0 amide bonds. The van der Waals surface area contributed by atoms with Crippen molar-refractivity contribution in [1.29, 1.82) is 0 Å². The molecular formula is C8H15NO3. The Hall–Kier alpha value is -0.610. The van der Waals surface area contributed by atoms with Gasteiger partial charge >= 0.3 is 5.97 Å². The summed E-state index contributed by atoms with van der Waals surface area (Å²) in [6.45, 7) is 1.40. The van der Waals surface area contributed by atoms with E-state index in [9.17, 15) is 4.79 Å². The summed E-state index contributed by atoms with van der Waals surface area (Å²) in [5.41, 5.74) is 0. The van der Waals surface area contributed by atoms with Crippen molar-refractivity contribution in [2.45, 2.75) is 12.5 Å². The van der Waals surface area contributed by atoms with E-state index in [1.807, 2.05) is 0 Å². The van der Waals surface area contributed by atoms with Crippen LogP contribution in [0, 0.1) is 5.92 Å². The predicted molar refractivity (Wildman–Crippen MR) is 43.8 cm³/mol. The highest BCUT2D eigenvalue weighted by Gasteiger charge is 2.30. The van der Waals surface area contributed by atoms with Crippen LogP contribution in [0.4, 0.5) is 0 Å². The molecule has 1 aliphatic heterocycles. The fourth-order valence-electron chi connectivity index (χ4n) is 1.49. The minimum atomic E-state index is -0.211. The summed E-state index contributed by atoms with van der Waals surface area (Å²) < 4.78 is 9.85. The molecule has 0 aromatic heterocycles. The maximum absolute atomic E-state index is 11.2. The molecule has 1 rings (SSSR count). The normalized spacial score (nSPS) is 25.3. The molecule has 70 valence electrons. The van der Waals surface area contributed by atoms with Crippen LogP contribution in [0.1, 0.15) is 6.42 Å². The molecule has 4 heteroatoms. The molecule has 1 aliphatic rings. The Kier molecular flexibility index (Phi) is 3.49. The quantitative estimate of drug-likeness (QED) is 0.600. The van der Waals surface area contributed by atoms with Crippen molar-refractivity contribution >= 4 is 5.97 Å². The van der Waals surface area contributed by atoms with Crippen LogP contribution in [0.2, 0.25) is 0 Å². The number of carbonyl (C=O) groups is 1.